The molecule has 0 unspecified atom stereocenters. The van der Waals surface area contributed by atoms with Crippen molar-refractivity contribution >= 4 is 17.6 Å². The number of rotatable bonds is 5. The molecule has 1 aromatic carbocycles. The summed E-state index contributed by atoms with van der Waals surface area (Å²) in [5.41, 5.74) is 6.33. The number of carboxylic acids is 1. The van der Waals surface area contributed by atoms with Gasteiger partial charge in [0.25, 0.3) is 5.91 Å². The number of nitrogens with two attached hydrogens (primary N) is 1. The van der Waals surface area contributed by atoms with Crippen molar-refractivity contribution in [3.05, 3.63) is 23.8 Å². The Kier molecular flexibility index (Phi) is 4.74. The number of carboxylic acid groups (broad SMARTS) is 1. The maximum atomic E-state index is 12.3. The smallest absolute Gasteiger partial charge is 0.323 e. The van der Waals surface area contributed by atoms with E-state index in [1.807, 2.05) is 0 Å². The van der Waals surface area contributed by atoms with Gasteiger partial charge in [-0.25, -0.2) is 0 Å². The summed E-state index contributed by atoms with van der Waals surface area (Å²) in [7, 11) is 1.50. The van der Waals surface area contributed by atoms with Crippen LogP contribution in [0.15, 0.2) is 18.2 Å². The molecule has 0 atom stereocenters. The zero-order valence-electron chi connectivity index (χ0n) is 11.2. The fourth-order valence-electron chi connectivity index (χ4n) is 1.65. The summed E-state index contributed by atoms with van der Waals surface area (Å²) in [6, 6.07) is 4.45. The Morgan fingerprint density at radius 3 is 2.47 bits per heavy atom. The second-order valence-corrected chi connectivity index (χ2v) is 4.37. The van der Waals surface area contributed by atoms with Crippen molar-refractivity contribution in [1.82, 2.24) is 4.90 Å². The van der Waals surface area contributed by atoms with Gasteiger partial charge in [0.15, 0.2) is 0 Å². The molecular weight excluding hydrogens is 248 g/mol. The maximum Gasteiger partial charge on any atom is 0.323 e. The van der Waals surface area contributed by atoms with Gasteiger partial charge in [0.2, 0.25) is 0 Å². The number of ether oxygens (including phenoxy) is 1. The largest absolute Gasteiger partial charge is 0.497 e. The van der Waals surface area contributed by atoms with Gasteiger partial charge in [-0.1, -0.05) is 0 Å². The minimum Gasteiger partial charge on any atom is -0.497 e. The van der Waals surface area contributed by atoms with Crippen LogP contribution in [0, 0.1) is 0 Å². The van der Waals surface area contributed by atoms with Crippen LogP contribution in [0.2, 0.25) is 0 Å². The molecule has 0 fully saturated rings. The maximum absolute atomic E-state index is 12.3. The molecule has 3 N–H and O–H groups in total. The predicted octanol–water partition coefficient (Wildman–Crippen LogP) is 1.21. The highest BCUT2D eigenvalue weighted by atomic mass is 16.5. The Balaban J connectivity index is 3.06. The third-order valence-corrected chi connectivity index (χ3v) is 2.68. The van der Waals surface area contributed by atoms with E-state index in [1.165, 1.54) is 24.1 Å². The molecule has 1 rings (SSSR count). The third kappa shape index (κ3) is 3.61. The molecule has 19 heavy (non-hydrogen) atoms. The van der Waals surface area contributed by atoms with E-state index in [-0.39, 0.29) is 23.8 Å². The summed E-state index contributed by atoms with van der Waals surface area (Å²) >= 11 is 0. The van der Waals surface area contributed by atoms with E-state index in [0.717, 1.165) is 0 Å². The van der Waals surface area contributed by atoms with E-state index < -0.39 is 11.9 Å². The summed E-state index contributed by atoms with van der Waals surface area (Å²) in [6.45, 7) is 3.14. The first-order chi connectivity index (χ1) is 8.86. The second kappa shape index (κ2) is 6.08. The van der Waals surface area contributed by atoms with Gasteiger partial charge in [-0.15, -0.1) is 0 Å². The molecule has 0 heterocycles. The molecular formula is C13H18N2O4. The van der Waals surface area contributed by atoms with E-state index >= 15 is 0 Å². The normalized spacial score (nSPS) is 10.3. The zero-order valence-corrected chi connectivity index (χ0v) is 11.2. The van der Waals surface area contributed by atoms with Crippen molar-refractivity contribution in [2.75, 3.05) is 19.4 Å². The van der Waals surface area contributed by atoms with Crippen LogP contribution in [0.25, 0.3) is 0 Å². The molecule has 0 aromatic heterocycles. The molecule has 0 bridgehead atoms. The van der Waals surface area contributed by atoms with Crippen molar-refractivity contribution in [3.8, 4) is 5.75 Å². The van der Waals surface area contributed by atoms with Crippen LogP contribution >= 0.6 is 0 Å². The Labute approximate surface area is 111 Å². The van der Waals surface area contributed by atoms with Crippen molar-refractivity contribution in [3.63, 3.8) is 0 Å². The lowest BCUT2D eigenvalue weighted by Crippen LogP contribution is -2.40. The lowest BCUT2D eigenvalue weighted by molar-refractivity contribution is -0.138. The molecule has 0 aliphatic carbocycles. The highest BCUT2D eigenvalue weighted by Gasteiger charge is 2.23. The molecule has 0 aliphatic rings. The third-order valence-electron chi connectivity index (χ3n) is 2.68. The van der Waals surface area contributed by atoms with Gasteiger partial charge in [0, 0.05) is 17.8 Å². The van der Waals surface area contributed by atoms with E-state index in [2.05, 4.69) is 0 Å². The Hall–Kier alpha value is -2.24. The first kappa shape index (κ1) is 14.8. The zero-order chi connectivity index (χ0) is 14.6. The number of methoxy groups -OCH3 is 1. The van der Waals surface area contributed by atoms with Gasteiger partial charge in [-0.05, 0) is 26.0 Å². The van der Waals surface area contributed by atoms with E-state index in [4.69, 9.17) is 15.6 Å². The molecule has 0 saturated heterocycles. The summed E-state index contributed by atoms with van der Waals surface area (Å²) in [4.78, 5) is 24.3. The number of nitrogens with zero attached hydrogens (tertiary/aromatic N) is 1. The molecule has 0 spiro atoms. The van der Waals surface area contributed by atoms with Crippen LogP contribution in [0.3, 0.4) is 0 Å². The lowest BCUT2D eigenvalue weighted by Gasteiger charge is -2.25. The fourth-order valence-corrected chi connectivity index (χ4v) is 1.65. The minimum absolute atomic E-state index is 0.231. The van der Waals surface area contributed by atoms with Crippen molar-refractivity contribution in [2.45, 2.75) is 19.9 Å². The van der Waals surface area contributed by atoms with E-state index in [1.54, 1.807) is 19.9 Å². The monoisotopic (exact) mass is 266 g/mol. The second-order valence-electron chi connectivity index (χ2n) is 4.37. The number of aliphatic carboxylic acids is 1. The van der Waals surface area contributed by atoms with Crippen LogP contribution in [0.4, 0.5) is 5.69 Å². The SMILES string of the molecule is COc1ccc(C(=O)N(CC(=O)O)C(C)C)c(N)c1. The van der Waals surface area contributed by atoms with Crippen LogP contribution in [0.1, 0.15) is 24.2 Å². The average molecular weight is 266 g/mol. The van der Waals surface area contributed by atoms with Crippen molar-refractivity contribution in [2.24, 2.45) is 0 Å². The van der Waals surface area contributed by atoms with E-state index in [0.29, 0.717) is 5.75 Å². The number of amides is 1. The average Bonchev–Trinajstić information content (AvgIpc) is 2.34. The van der Waals surface area contributed by atoms with E-state index in [9.17, 15) is 9.59 Å². The standard InChI is InChI=1S/C13H18N2O4/c1-8(2)15(7-12(16)17)13(18)10-5-4-9(19-3)6-11(10)14/h4-6,8H,7,14H2,1-3H3,(H,16,17). The van der Waals surface area contributed by atoms with Gasteiger partial charge >= 0.3 is 5.97 Å². The van der Waals surface area contributed by atoms with Gasteiger partial charge in [0.05, 0.1) is 12.7 Å². The molecule has 0 aliphatic heterocycles. The summed E-state index contributed by atoms with van der Waals surface area (Å²) in [5.74, 6) is -0.921. The number of carbonyl (C=O) groups excluding carboxylic acids is 1. The number of nitrogen functional groups attached to an aromatic ring is 1. The van der Waals surface area contributed by atoms with Crippen LogP contribution in [-0.2, 0) is 4.79 Å². The number of hydrogen-bond acceptors (Lipinski definition) is 4. The van der Waals surface area contributed by atoms with Crippen LogP contribution < -0.4 is 10.5 Å². The van der Waals surface area contributed by atoms with Crippen molar-refractivity contribution < 1.29 is 19.4 Å². The number of hydrogen-bond donors (Lipinski definition) is 2. The molecule has 0 radical (unpaired) electrons. The van der Waals surface area contributed by atoms with Crippen molar-refractivity contribution in [1.29, 1.82) is 0 Å². The molecule has 6 heteroatoms. The summed E-state index contributed by atoms with van der Waals surface area (Å²) in [6.07, 6.45) is 0. The Morgan fingerprint density at radius 2 is 2.05 bits per heavy atom. The molecule has 0 saturated carbocycles. The predicted molar refractivity (Wildman–Crippen MR) is 71.2 cm³/mol. The minimum atomic E-state index is -1.06. The first-order valence-electron chi connectivity index (χ1n) is 5.83. The summed E-state index contributed by atoms with van der Waals surface area (Å²) in [5, 5.41) is 8.83. The first-order valence-corrected chi connectivity index (χ1v) is 5.83. The quantitative estimate of drug-likeness (QED) is 0.781. The van der Waals surface area contributed by atoms with Gasteiger partial charge in [0.1, 0.15) is 12.3 Å². The van der Waals surface area contributed by atoms with Crippen LogP contribution in [0.5, 0.6) is 5.75 Å². The summed E-state index contributed by atoms with van der Waals surface area (Å²) < 4.78 is 5.00. The molecule has 1 aromatic rings. The molecule has 6 nitrogen and oxygen atoms in total. The topological polar surface area (TPSA) is 92.9 Å². The Bertz CT molecular complexity index is 486. The van der Waals surface area contributed by atoms with Gasteiger partial charge in [-0.2, -0.15) is 0 Å². The molecule has 1 amide bonds. The number of benzene rings is 1. The Morgan fingerprint density at radius 1 is 1.42 bits per heavy atom. The van der Waals surface area contributed by atoms with Gasteiger partial charge < -0.3 is 20.5 Å². The fraction of sp³-hybridized carbons (Fsp3) is 0.385. The lowest BCUT2D eigenvalue weighted by atomic mass is 10.1. The number of anilines is 1. The molecule has 104 valence electrons. The van der Waals surface area contributed by atoms with Gasteiger partial charge in [-0.3, -0.25) is 9.59 Å². The highest BCUT2D eigenvalue weighted by Crippen LogP contribution is 2.21. The van der Waals surface area contributed by atoms with Crippen LogP contribution in [-0.4, -0.2) is 41.6 Å². The highest BCUT2D eigenvalue weighted by molar-refractivity contribution is 6.00. The number of carbonyl (C=O) groups is 2.